The SMILES string of the molecule is Cc1nc(-c2ccc(-c3ccnn3C)s2)cs1. The average Bonchev–Trinajstić information content (AvgIpc) is 2.97. The number of hydrogen-bond donors (Lipinski definition) is 0. The zero-order valence-corrected chi connectivity index (χ0v) is 11.2. The van der Waals surface area contributed by atoms with E-state index in [1.165, 1.54) is 9.75 Å². The normalized spacial score (nSPS) is 10.9. The highest BCUT2D eigenvalue weighted by molar-refractivity contribution is 7.19. The molecule has 17 heavy (non-hydrogen) atoms. The van der Waals surface area contributed by atoms with Crippen molar-refractivity contribution >= 4 is 22.7 Å². The lowest BCUT2D eigenvalue weighted by molar-refractivity contribution is 0.777. The molecular weight excluding hydrogens is 250 g/mol. The molecule has 0 aliphatic heterocycles. The molecule has 3 nitrogen and oxygen atoms in total. The second kappa shape index (κ2) is 4.09. The lowest BCUT2D eigenvalue weighted by Crippen LogP contribution is -1.90. The Bertz CT molecular complexity index is 648. The fourth-order valence-electron chi connectivity index (χ4n) is 1.71. The summed E-state index contributed by atoms with van der Waals surface area (Å²) in [5.41, 5.74) is 2.22. The number of rotatable bonds is 2. The number of aromatic nitrogens is 3. The van der Waals surface area contributed by atoms with Crippen molar-refractivity contribution in [3.63, 3.8) is 0 Å². The Kier molecular flexibility index (Phi) is 2.57. The van der Waals surface area contributed by atoms with Gasteiger partial charge in [0.2, 0.25) is 0 Å². The molecule has 0 saturated heterocycles. The van der Waals surface area contributed by atoms with Crippen LogP contribution >= 0.6 is 22.7 Å². The molecule has 0 unspecified atom stereocenters. The van der Waals surface area contributed by atoms with E-state index in [-0.39, 0.29) is 0 Å². The lowest BCUT2D eigenvalue weighted by Gasteiger charge is -1.96. The summed E-state index contributed by atoms with van der Waals surface area (Å²) in [7, 11) is 1.96. The molecule has 0 aromatic carbocycles. The molecule has 0 aliphatic rings. The van der Waals surface area contributed by atoms with Crippen molar-refractivity contribution in [3.8, 4) is 21.1 Å². The van der Waals surface area contributed by atoms with Gasteiger partial charge >= 0.3 is 0 Å². The molecule has 0 saturated carbocycles. The molecule has 0 fully saturated rings. The van der Waals surface area contributed by atoms with E-state index < -0.39 is 0 Å². The summed E-state index contributed by atoms with van der Waals surface area (Å²) in [6, 6.07) is 6.29. The highest BCUT2D eigenvalue weighted by Crippen LogP contribution is 2.34. The first-order valence-electron chi connectivity index (χ1n) is 5.25. The average molecular weight is 261 g/mol. The highest BCUT2D eigenvalue weighted by Gasteiger charge is 2.09. The Hall–Kier alpha value is -1.46. The minimum Gasteiger partial charge on any atom is -0.267 e. The van der Waals surface area contributed by atoms with Crippen LogP contribution in [-0.4, -0.2) is 14.8 Å². The number of hydrogen-bond acceptors (Lipinski definition) is 4. The third-order valence-electron chi connectivity index (χ3n) is 2.55. The first kappa shape index (κ1) is 10.7. The van der Waals surface area contributed by atoms with E-state index in [1.807, 2.05) is 30.9 Å². The third kappa shape index (κ3) is 1.92. The topological polar surface area (TPSA) is 30.7 Å². The van der Waals surface area contributed by atoms with Crippen LogP contribution in [0.2, 0.25) is 0 Å². The Balaban J connectivity index is 2.01. The molecule has 0 amide bonds. The molecule has 3 aromatic rings. The van der Waals surface area contributed by atoms with E-state index in [9.17, 15) is 0 Å². The minimum atomic E-state index is 1.07. The van der Waals surface area contributed by atoms with Gasteiger partial charge in [-0.15, -0.1) is 22.7 Å². The van der Waals surface area contributed by atoms with Crippen molar-refractivity contribution in [2.24, 2.45) is 7.05 Å². The highest BCUT2D eigenvalue weighted by atomic mass is 32.1. The Morgan fingerprint density at radius 2 is 2.00 bits per heavy atom. The van der Waals surface area contributed by atoms with Gasteiger partial charge in [0.1, 0.15) is 0 Å². The summed E-state index contributed by atoms with van der Waals surface area (Å²) in [6.07, 6.45) is 1.82. The van der Waals surface area contributed by atoms with Gasteiger partial charge in [-0.2, -0.15) is 5.10 Å². The first-order chi connectivity index (χ1) is 8.24. The van der Waals surface area contributed by atoms with Gasteiger partial charge in [-0.3, -0.25) is 4.68 Å². The van der Waals surface area contributed by atoms with Crippen molar-refractivity contribution in [1.29, 1.82) is 0 Å². The van der Waals surface area contributed by atoms with Gasteiger partial charge < -0.3 is 0 Å². The largest absolute Gasteiger partial charge is 0.267 e. The number of thiophene rings is 1. The van der Waals surface area contributed by atoms with Crippen LogP contribution in [0.5, 0.6) is 0 Å². The number of thiazole rings is 1. The number of aryl methyl sites for hydroxylation is 2. The second-order valence-corrected chi connectivity index (χ2v) is 5.90. The molecule has 3 heterocycles. The van der Waals surface area contributed by atoms with Crippen molar-refractivity contribution in [2.45, 2.75) is 6.92 Å². The molecule has 5 heteroatoms. The van der Waals surface area contributed by atoms with Crippen LogP contribution in [0.4, 0.5) is 0 Å². The van der Waals surface area contributed by atoms with Gasteiger partial charge in [0.15, 0.2) is 0 Å². The molecule has 0 aliphatic carbocycles. The molecule has 0 N–H and O–H groups in total. The first-order valence-corrected chi connectivity index (χ1v) is 6.94. The summed E-state index contributed by atoms with van der Waals surface area (Å²) in [4.78, 5) is 6.95. The Morgan fingerprint density at radius 1 is 1.18 bits per heavy atom. The maximum atomic E-state index is 4.50. The van der Waals surface area contributed by atoms with Crippen molar-refractivity contribution in [1.82, 2.24) is 14.8 Å². The quantitative estimate of drug-likeness (QED) is 0.706. The summed E-state index contributed by atoms with van der Waals surface area (Å²) in [5, 5.41) is 7.40. The molecular formula is C12H11N3S2. The van der Waals surface area contributed by atoms with Crippen LogP contribution in [0.15, 0.2) is 29.8 Å². The minimum absolute atomic E-state index is 1.07. The predicted octanol–water partition coefficient (Wildman–Crippen LogP) is 3.58. The van der Waals surface area contributed by atoms with Crippen LogP contribution in [0.3, 0.4) is 0 Å². The summed E-state index contributed by atoms with van der Waals surface area (Å²) in [6.45, 7) is 2.03. The fourth-order valence-corrected chi connectivity index (χ4v) is 3.42. The van der Waals surface area contributed by atoms with Crippen LogP contribution < -0.4 is 0 Å². The molecule has 3 rings (SSSR count). The molecule has 0 radical (unpaired) electrons. The van der Waals surface area contributed by atoms with E-state index in [2.05, 4.69) is 27.6 Å². The predicted molar refractivity (Wildman–Crippen MR) is 72.4 cm³/mol. The van der Waals surface area contributed by atoms with E-state index in [1.54, 1.807) is 22.7 Å². The standard InChI is InChI=1S/C12H11N3S2/c1-8-14-9(7-16-8)11-3-4-12(17-11)10-5-6-13-15(10)2/h3-7H,1-2H3. The summed E-state index contributed by atoms with van der Waals surface area (Å²) in [5.74, 6) is 0. The third-order valence-corrected chi connectivity index (χ3v) is 4.45. The smallest absolute Gasteiger partial charge is 0.0914 e. The molecule has 0 atom stereocenters. The zero-order chi connectivity index (χ0) is 11.8. The van der Waals surface area contributed by atoms with E-state index >= 15 is 0 Å². The Labute approximate surface area is 107 Å². The van der Waals surface area contributed by atoms with Gasteiger partial charge in [-0.05, 0) is 25.1 Å². The van der Waals surface area contributed by atoms with Gasteiger partial charge in [-0.1, -0.05) is 0 Å². The van der Waals surface area contributed by atoms with Gasteiger partial charge in [0.05, 0.1) is 26.1 Å². The number of nitrogens with zero attached hydrogens (tertiary/aromatic N) is 3. The molecule has 86 valence electrons. The molecule has 3 aromatic heterocycles. The van der Waals surface area contributed by atoms with Crippen molar-refractivity contribution < 1.29 is 0 Å². The Morgan fingerprint density at radius 3 is 2.65 bits per heavy atom. The maximum absolute atomic E-state index is 4.50. The van der Waals surface area contributed by atoms with Gasteiger partial charge in [0.25, 0.3) is 0 Å². The monoisotopic (exact) mass is 261 g/mol. The van der Waals surface area contributed by atoms with Crippen LogP contribution in [-0.2, 0) is 7.05 Å². The van der Waals surface area contributed by atoms with Crippen molar-refractivity contribution in [2.75, 3.05) is 0 Å². The molecule has 0 bridgehead atoms. The summed E-state index contributed by atoms with van der Waals surface area (Å²) >= 11 is 3.44. The maximum Gasteiger partial charge on any atom is 0.0914 e. The van der Waals surface area contributed by atoms with Crippen LogP contribution in [0.1, 0.15) is 5.01 Å². The van der Waals surface area contributed by atoms with E-state index in [0.717, 1.165) is 16.4 Å². The fraction of sp³-hybridized carbons (Fsp3) is 0.167. The van der Waals surface area contributed by atoms with Crippen LogP contribution in [0, 0.1) is 6.92 Å². The van der Waals surface area contributed by atoms with Crippen molar-refractivity contribution in [3.05, 3.63) is 34.8 Å². The van der Waals surface area contributed by atoms with E-state index in [4.69, 9.17) is 0 Å². The van der Waals surface area contributed by atoms with Gasteiger partial charge in [0, 0.05) is 18.6 Å². The van der Waals surface area contributed by atoms with Crippen LogP contribution in [0.25, 0.3) is 21.1 Å². The zero-order valence-electron chi connectivity index (χ0n) is 9.54. The van der Waals surface area contributed by atoms with Gasteiger partial charge in [-0.25, -0.2) is 4.98 Å². The van der Waals surface area contributed by atoms with E-state index in [0.29, 0.717) is 0 Å². The second-order valence-electron chi connectivity index (χ2n) is 3.76. The molecule has 0 spiro atoms. The summed E-state index contributed by atoms with van der Waals surface area (Å²) < 4.78 is 1.89. The lowest BCUT2D eigenvalue weighted by atomic mass is 10.3.